The molecule has 0 saturated carbocycles. The van der Waals surface area contributed by atoms with Crippen molar-refractivity contribution in [1.29, 1.82) is 0 Å². The Kier molecular flexibility index (Phi) is 7.86. The van der Waals surface area contributed by atoms with Crippen molar-refractivity contribution in [2.24, 2.45) is 0 Å². The average molecular weight is 534 g/mol. The van der Waals surface area contributed by atoms with Gasteiger partial charge in [0, 0.05) is 47.0 Å². The van der Waals surface area contributed by atoms with Gasteiger partial charge in [-0.05, 0) is 61.9 Å². The number of methoxy groups -OCH3 is 2. The molecule has 3 aromatic carbocycles. The van der Waals surface area contributed by atoms with E-state index in [1.54, 1.807) is 20.4 Å². The number of nitrogens with one attached hydrogen (secondary N) is 1. The van der Waals surface area contributed by atoms with Crippen LogP contribution in [0.15, 0.2) is 60.8 Å². The Hall–Kier alpha value is -3.55. The van der Waals surface area contributed by atoms with Crippen molar-refractivity contribution in [2.75, 3.05) is 19.5 Å². The third kappa shape index (κ3) is 5.79. The summed E-state index contributed by atoms with van der Waals surface area (Å²) in [7, 11) is 3.29. The zero-order valence-corrected chi connectivity index (χ0v) is 22.8. The molecule has 4 aromatic rings. The number of ether oxygens (including phenoxy) is 4. The van der Waals surface area contributed by atoms with Gasteiger partial charge < -0.3 is 24.3 Å². The predicted molar refractivity (Wildman–Crippen MR) is 151 cm³/mol. The van der Waals surface area contributed by atoms with Crippen LogP contribution < -0.4 is 19.5 Å². The lowest BCUT2D eigenvalue weighted by molar-refractivity contribution is -0.0720. The summed E-state index contributed by atoms with van der Waals surface area (Å²) in [5.41, 5.74) is 4.55. The highest BCUT2D eigenvalue weighted by molar-refractivity contribution is 6.31. The lowest BCUT2D eigenvalue weighted by Crippen LogP contribution is -2.35. The van der Waals surface area contributed by atoms with E-state index in [0.717, 1.165) is 63.4 Å². The van der Waals surface area contributed by atoms with Gasteiger partial charge in [-0.25, -0.2) is 0 Å². The van der Waals surface area contributed by atoms with Gasteiger partial charge in [0.15, 0.2) is 0 Å². The molecule has 1 aromatic heterocycles. The molecule has 5 rings (SSSR count). The fraction of sp³-hybridized carbons (Fsp3) is 0.333. The second kappa shape index (κ2) is 11.5. The fourth-order valence-corrected chi connectivity index (χ4v) is 5.18. The molecule has 0 amide bonds. The second-order valence-electron chi connectivity index (χ2n) is 9.63. The van der Waals surface area contributed by atoms with Crippen LogP contribution in [0, 0.1) is 0 Å². The molecular weight excluding hydrogens is 502 g/mol. The molecule has 1 N–H and O–H groups in total. The van der Waals surface area contributed by atoms with E-state index >= 15 is 0 Å². The number of hydrogen-bond donors (Lipinski definition) is 1. The highest BCUT2D eigenvalue weighted by atomic mass is 35.5. The number of aromatic nitrogens is 2. The van der Waals surface area contributed by atoms with Crippen LogP contribution in [-0.4, -0.2) is 42.7 Å². The highest BCUT2D eigenvalue weighted by Gasteiger charge is 2.26. The van der Waals surface area contributed by atoms with Gasteiger partial charge in [-0.1, -0.05) is 17.7 Å². The van der Waals surface area contributed by atoms with Crippen LogP contribution in [0.5, 0.6) is 17.2 Å². The van der Waals surface area contributed by atoms with Gasteiger partial charge in [0.1, 0.15) is 23.4 Å². The standard InChI is InChI=1S/C30H32ClN3O4/c1-18-11-24(12-19(2)37-18)38-29-10-7-22(31)14-26(29)20-6-9-25-27(13-20)34-33-17-28(25)32-16-21-5-8-23(35-3)15-30(21)36-4/h5-10,13-15,17-19,24H,11-12,16H2,1-4H3,(H,32,34)/t18-,19+,24?. The van der Waals surface area contributed by atoms with Crippen LogP contribution >= 0.6 is 11.6 Å². The summed E-state index contributed by atoms with van der Waals surface area (Å²) in [6.07, 6.45) is 3.85. The molecular formula is C30H32ClN3O4. The minimum Gasteiger partial charge on any atom is -0.497 e. The number of hydrogen-bond acceptors (Lipinski definition) is 7. The fourth-order valence-electron chi connectivity index (χ4n) is 5.01. The first-order valence-electron chi connectivity index (χ1n) is 12.8. The van der Waals surface area contributed by atoms with Crippen molar-refractivity contribution in [3.63, 3.8) is 0 Å². The minimum absolute atomic E-state index is 0.0830. The molecule has 1 aliphatic heterocycles. The molecule has 0 bridgehead atoms. The SMILES string of the molecule is COc1ccc(CNc2cnnc3cc(-c4cc(Cl)ccc4OC4C[C@@H](C)O[C@@H](C)C4)ccc23)c(OC)c1. The number of halogens is 1. The summed E-state index contributed by atoms with van der Waals surface area (Å²) in [4.78, 5) is 0. The van der Waals surface area contributed by atoms with Crippen molar-refractivity contribution in [3.05, 3.63) is 71.4 Å². The Morgan fingerprint density at radius 2 is 1.76 bits per heavy atom. The molecule has 38 heavy (non-hydrogen) atoms. The van der Waals surface area contributed by atoms with Crippen LogP contribution in [0.3, 0.4) is 0 Å². The summed E-state index contributed by atoms with van der Waals surface area (Å²) in [5.74, 6) is 2.31. The maximum Gasteiger partial charge on any atom is 0.127 e. The van der Waals surface area contributed by atoms with E-state index < -0.39 is 0 Å². The maximum atomic E-state index is 6.49. The zero-order chi connectivity index (χ0) is 26.6. The Morgan fingerprint density at radius 3 is 2.53 bits per heavy atom. The van der Waals surface area contributed by atoms with E-state index in [1.165, 1.54) is 0 Å². The molecule has 1 fully saturated rings. The van der Waals surface area contributed by atoms with Gasteiger partial charge in [0.25, 0.3) is 0 Å². The van der Waals surface area contributed by atoms with E-state index in [9.17, 15) is 0 Å². The molecule has 1 aliphatic rings. The molecule has 0 spiro atoms. The zero-order valence-electron chi connectivity index (χ0n) is 22.0. The van der Waals surface area contributed by atoms with Crippen LogP contribution in [-0.2, 0) is 11.3 Å². The Labute approximate surface area is 228 Å². The highest BCUT2D eigenvalue weighted by Crippen LogP contribution is 2.37. The van der Waals surface area contributed by atoms with Crippen molar-refractivity contribution < 1.29 is 18.9 Å². The van der Waals surface area contributed by atoms with Gasteiger partial charge in [0.2, 0.25) is 0 Å². The van der Waals surface area contributed by atoms with Gasteiger partial charge in [-0.2, -0.15) is 10.2 Å². The summed E-state index contributed by atoms with van der Waals surface area (Å²) >= 11 is 6.41. The topological polar surface area (TPSA) is 74.7 Å². The Morgan fingerprint density at radius 1 is 0.947 bits per heavy atom. The largest absolute Gasteiger partial charge is 0.497 e. The normalized spacial score (nSPS) is 19.2. The molecule has 0 radical (unpaired) electrons. The third-order valence-corrected chi connectivity index (χ3v) is 7.04. The van der Waals surface area contributed by atoms with E-state index in [-0.39, 0.29) is 18.3 Å². The number of rotatable bonds is 8. The van der Waals surface area contributed by atoms with Crippen molar-refractivity contribution in [1.82, 2.24) is 10.2 Å². The van der Waals surface area contributed by atoms with E-state index in [0.29, 0.717) is 11.6 Å². The van der Waals surface area contributed by atoms with Crippen LogP contribution in [0.2, 0.25) is 5.02 Å². The van der Waals surface area contributed by atoms with E-state index in [2.05, 4.69) is 41.5 Å². The van der Waals surface area contributed by atoms with Gasteiger partial charge in [0.05, 0.1) is 43.8 Å². The first-order chi connectivity index (χ1) is 18.4. The molecule has 8 heteroatoms. The minimum atomic E-state index is 0.0830. The van der Waals surface area contributed by atoms with Crippen molar-refractivity contribution in [3.8, 4) is 28.4 Å². The Bertz CT molecular complexity index is 1420. The smallest absolute Gasteiger partial charge is 0.127 e. The lowest BCUT2D eigenvalue weighted by Gasteiger charge is -2.32. The van der Waals surface area contributed by atoms with Gasteiger partial charge >= 0.3 is 0 Å². The number of nitrogens with zero attached hydrogens (tertiary/aromatic N) is 2. The van der Waals surface area contributed by atoms with E-state index in [1.807, 2.05) is 42.5 Å². The van der Waals surface area contributed by atoms with Crippen LogP contribution in [0.25, 0.3) is 22.0 Å². The summed E-state index contributed by atoms with van der Waals surface area (Å²) < 4.78 is 23.2. The maximum absolute atomic E-state index is 6.49. The summed E-state index contributed by atoms with van der Waals surface area (Å²) in [6, 6.07) is 17.7. The third-order valence-electron chi connectivity index (χ3n) is 6.80. The Balaban J connectivity index is 1.41. The molecule has 1 saturated heterocycles. The molecule has 1 unspecified atom stereocenters. The molecule has 0 aliphatic carbocycles. The summed E-state index contributed by atoms with van der Waals surface area (Å²) in [5, 5.41) is 13.7. The van der Waals surface area contributed by atoms with Crippen LogP contribution in [0.1, 0.15) is 32.3 Å². The van der Waals surface area contributed by atoms with Gasteiger partial charge in [-0.15, -0.1) is 0 Å². The first-order valence-corrected chi connectivity index (χ1v) is 13.1. The number of benzene rings is 3. The monoisotopic (exact) mass is 533 g/mol. The molecule has 198 valence electrons. The van der Waals surface area contributed by atoms with Gasteiger partial charge in [-0.3, -0.25) is 0 Å². The van der Waals surface area contributed by atoms with Crippen molar-refractivity contribution in [2.45, 2.75) is 51.5 Å². The first kappa shape index (κ1) is 26.1. The average Bonchev–Trinajstić information content (AvgIpc) is 2.91. The summed E-state index contributed by atoms with van der Waals surface area (Å²) in [6.45, 7) is 4.74. The molecule has 2 heterocycles. The predicted octanol–water partition coefficient (Wildman–Crippen LogP) is 6.91. The quantitative estimate of drug-likeness (QED) is 0.263. The van der Waals surface area contributed by atoms with Crippen molar-refractivity contribution >= 4 is 28.2 Å². The second-order valence-corrected chi connectivity index (χ2v) is 10.1. The van der Waals surface area contributed by atoms with Crippen LogP contribution in [0.4, 0.5) is 5.69 Å². The number of anilines is 1. The molecule has 7 nitrogen and oxygen atoms in total. The molecule has 3 atom stereocenters. The lowest BCUT2D eigenvalue weighted by atomic mass is 10.0. The van der Waals surface area contributed by atoms with E-state index in [4.69, 9.17) is 30.5 Å². The number of fused-ring (bicyclic) bond motifs is 1.